The van der Waals surface area contributed by atoms with Crippen molar-refractivity contribution in [3.05, 3.63) is 30.1 Å². The Hall–Kier alpha value is -1.95. The highest BCUT2D eigenvalue weighted by atomic mass is 16.5. The van der Waals surface area contributed by atoms with Crippen LogP contribution in [0.25, 0.3) is 5.69 Å². The zero-order valence-corrected chi connectivity index (χ0v) is 10.1. The zero-order chi connectivity index (χ0) is 12.3. The van der Waals surface area contributed by atoms with Gasteiger partial charge < -0.3 is 10.1 Å². The van der Waals surface area contributed by atoms with Crippen LogP contribution >= 0.6 is 0 Å². The van der Waals surface area contributed by atoms with E-state index in [1.54, 1.807) is 11.8 Å². The third kappa shape index (κ3) is 2.12. The molecule has 6 nitrogen and oxygen atoms in total. The van der Waals surface area contributed by atoms with Gasteiger partial charge in [0.1, 0.15) is 11.4 Å². The van der Waals surface area contributed by atoms with Crippen molar-refractivity contribution in [1.82, 2.24) is 25.5 Å². The van der Waals surface area contributed by atoms with E-state index in [9.17, 15) is 0 Å². The SMILES string of the molecule is CNC(C)c1nnnn1-c1ccccc1OC. The van der Waals surface area contributed by atoms with Gasteiger partial charge in [0, 0.05) is 0 Å². The van der Waals surface area contributed by atoms with Gasteiger partial charge in [-0.2, -0.15) is 4.68 Å². The Balaban J connectivity index is 2.49. The van der Waals surface area contributed by atoms with Crippen molar-refractivity contribution >= 4 is 0 Å². The Morgan fingerprint density at radius 1 is 1.35 bits per heavy atom. The molecule has 0 radical (unpaired) electrons. The number of hydrogen-bond acceptors (Lipinski definition) is 5. The second-order valence-electron chi connectivity index (χ2n) is 3.63. The Kier molecular flexibility index (Phi) is 3.34. The first-order valence-electron chi connectivity index (χ1n) is 5.37. The van der Waals surface area contributed by atoms with Crippen LogP contribution in [0.4, 0.5) is 0 Å². The van der Waals surface area contributed by atoms with Gasteiger partial charge in [-0.15, -0.1) is 5.10 Å². The maximum absolute atomic E-state index is 5.30. The molecule has 1 aromatic carbocycles. The van der Waals surface area contributed by atoms with E-state index in [-0.39, 0.29) is 6.04 Å². The molecule has 1 aromatic heterocycles. The maximum atomic E-state index is 5.30. The molecular formula is C11H15N5O. The topological polar surface area (TPSA) is 64.9 Å². The number of hydrogen-bond donors (Lipinski definition) is 1. The number of benzene rings is 1. The van der Waals surface area contributed by atoms with Gasteiger partial charge >= 0.3 is 0 Å². The monoisotopic (exact) mass is 233 g/mol. The minimum absolute atomic E-state index is 0.0647. The highest BCUT2D eigenvalue weighted by molar-refractivity contribution is 5.46. The largest absolute Gasteiger partial charge is 0.494 e. The van der Waals surface area contributed by atoms with Crippen LogP contribution in [0.5, 0.6) is 5.75 Å². The smallest absolute Gasteiger partial charge is 0.173 e. The number of aromatic nitrogens is 4. The Bertz CT molecular complexity index is 496. The summed E-state index contributed by atoms with van der Waals surface area (Å²) in [5.74, 6) is 1.49. The van der Waals surface area contributed by atoms with Gasteiger partial charge in [-0.1, -0.05) is 12.1 Å². The standard InChI is InChI=1S/C11H15N5O/c1-8(12-2)11-13-14-15-16(11)9-6-4-5-7-10(9)17-3/h4-8,12H,1-3H3. The molecular weight excluding hydrogens is 218 g/mol. The van der Waals surface area contributed by atoms with E-state index < -0.39 is 0 Å². The molecule has 0 amide bonds. The number of rotatable bonds is 4. The summed E-state index contributed by atoms with van der Waals surface area (Å²) in [4.78, 5) is 0. The van der Waals surface area contributed by atoms with Crippen LogP contribution in [0.3, 0.4) is 0 Å². The molecule has 1 heterocycles. The quantitative estimate of drug-likeness (QED) is 0.851. The van der Waals surface area contributed by atoms with Gasteiger partial charge in [0.25, 0.3) is 0 Å². The lowest BCUT2D eigenvalue weighted by Crippen LogP contribution is -2.18. The van der Waals surface area contributed by atoms with Crippen molar-refractivity contribution in [3.63, 3.8) is 0 Å². The molecule has 1 unspecified atom stereocenters. The van der Waals surface area contributed by atoms with E-state index in [0.29, 0.717) is 0 Å². The molecule has 0 saturated heterocycles. The summed E-state index contributed by atoms with van der Waals surface area (Å²) in [7, 11) is 3.50. The molecule has 90 valence electrons. The number of tetrazole rings is 1. The molecule has 0 fully saturated rings. The highest BCUT2D eigenvalue weighted by Gasteiger charge is 2.16. The third-order valence-electron chi connectivity index (χ3n) is 2.63. The van der Waals surface area contributed by atoms with Crippen LogP contribution in [-0.4, -0.2) is 34.4 Å². The average molecular weight is 233 g/mol. The number of methoxy groups -OCH3 is 1. The fourth-order valence-corrected chi connectivity index (χ4v) is 1.57. The molecule has 17 heavy (non-hydrogen) atoms. The molecule has 6 heteroatoms. The lowest BCUT2D eigenvalue weighted by Gasteiger charge is -2.12. The van der Waals surface area contributed by atoms with Gasteiger partial charge in [-0.3, -0.25) is 0 Å². The maximum Gasteiger partial charge on any atom is 0.173 e. The minimum Gasteiger partial charge on any atom is -0.494 e. The molecule has 1 atom stereocenters. The molecule has 0 spiro atoms. The van der Waals surface area contributed by atoms with Gasteiger partial charge in [-0.05, 0) is 36.5 Å². The Morgan fingerprint density at radius 3 is 2.82 bits per heavy atom. The van der Waals surface area contributed by atoms with Crippen molar-refractivity contribution in [3.8, 4) is 11.4 Å². The molecule has 2 aromatic rings. The lowest BCUT2D eigenvalue weighted by atomic mass is 10.2. The fourth-order valence-electron chi connectivity index (χ4n) is 1.57. The highest BCUT2D eigenvalue weighted by Crippen LogP contribution is 2.23. The summed E-state index contributed by atoms with van der Waals surface area (Å²) in [6, 6.07) is 7.70. The van der Waals surface area contributed by atoms with E-state index in [4.69, 9.17) is 4.74 Å². The van der Waals surface area contributed by atoms with Crippen LogP contribution in [0.15, 0.2) is 24.3 Å². The molecule has 0 aliphatic rings. The molecule has 0 aliphatic carbocycles. The predicted molar refractivity (Wildman–Crippen MR) is 63.2 cm³/mol. The predicted octanol–water partition coefficient (Wildman–Crippen LogP) is 0.951. The van der Waals surface area contributed by atoms with Crippen molar-refractivity contribution in [2.45, 2.75) is 13.0 Å². The van der Waals surface area contributed by atoms with Gasteiger partial charge in [0.15, 0.2) is 5.82 Å². The van der Waals surface area contributed by atoms with E-state index in [2.05, 4.69) is 20.8 Å². The molecule has 0 aliphatic heterocycles. The van der Waals surface area contributed by atoms with Crippen molar-refractivity contribution < 1.29 is 4.74 Å². The summed E-state index contributed by atoms with van der Waals surface area (Å²) in [5, 5.41) is 14.8. The zero-order valence-electron chi connectivity index (χ0n) is 10.1. The van der Waals surface area contributed by atoms with Gasteiger partial charge in [-0.25, -0.2) is 0 Å². The van der Waals surface area contributed by atoms with E-state index >= 15 is 0 Å². The van der Waals surface area contributed by atoms with E-state index in [0.717, 1.165) is 17.3 Å². The first-order chi connectivity index (χ1) is 8.27. The van der Waals surface area contributed by atoms with E-state index in [1.165, 1.54) is 0 Å². The molecule has 1 N–H and O–H groups in total. The summed E-state index contributed by atoms with van der Waals surface area (Å²) >= 11 is 0. The first-order valence-corrected chi connectivity index (χ1v) is 5.37. The lowest BCUT2D eigenvalue weighted by molar-refractivity contribution is 0.410. The van der Waals surface area contributed by atoms with E-state index in [1.807, 2.05) is 38.2 Å². The Labute approximate surface area is 99.6 Å². The number of nitrogens with one attached hydrogen (secondary N) is 1. The summed E-state index contributed by atoms with van der Waals surface area (Å²) in [6.45, 7) is 2.00. The minimum atomic E-state index is 0.0647. The van der Waals surface area contributed by atoms with Crippen LogP contribution in [-0.2, 0) is 0 Å². The second kappa shape index (κ2) is 4.92. The van der Waals surface area contributed by atoms with Gasteiger partial charge in [0.05, 0.1) is 13.2 Å². The molecule has 0 saturated carbocycles. The number of para-hydroxylation sites is 2. The average Bonchev–Trinajstić information content (AvgIpc) is 2.86. The second-order valence-corrected chi connectivity index (χ2v) is 3.63. The summed E-state index contributed by atoms with van der Waals surface area (Å²) in [5.41, 5.74) is 0.831. The first kappa shape index (κ1) is 11.5. The number of ether oxygens (including phenoxy) is 1. The van der Waals surface area contributed by atoms with Gasteiger partial charge in [0.2, 0.25) is 0 Å². The van der Waals surface area contributed by atoms with Crippen LogP contribution in [0, 0.1) is 0 Å². The van der Waals surface area contributed by atoms with Crippen molar-refractivity contribution in [2.24, 2.45) is 0 Å². The molecule has 2 rings (SSSR count). The van der Waals surface area contributed by atoms with Crippen LogP contribution < -0.4 is 10.1 Å². The summed E-state index contributed by atoms with van der Waals surface area (Å²) < 4.78 is 6.98. The van der Waals surface area contributed by atoms with Crippen molar-refractivity contribution in [1.29, 1.82) is 0 Å². The van der Waals surface area contributed by atoms with Crippen LogP contribution in [0.2, 0.25) is 0 Å². The normalized spacial score (nSPS) is 12.4. The molecule has 0 bridgehead atoms. The third-order valence-corrected chi connectivity index (χ3v) is 2.63. The van der Waals surface area contributed by atoms with Crippen molar-refractivity contribution in [2.75, 3.05) is 14.2 Å². The summed E-state index contributed by atoms with van der Waals surface area (Å²) in [6.07, 6.45) is 0. The van der Waals surface area contributed by atoms with Crippen LogP contribution in [0.1, 0.15) is 18.8 Å². The fraction of sp³-hybridized carbons (Fsp3) is 0.364. The number of nitrogens with zero attached hydrogens (tertiary/aromatic N) is 4. The Morgan fingerprint density at radius 2 is 2.12 bits per heavy atom.